The molecule has 5 atom stereocenters. The van der Waals surface area contributed by atoms with Crippen LogP contribution in [0.3, 0.4) is 0 Å². The number of aliphatic hydroxyl groups is 3. The van der Waals surface area contributed by atoms with Crippen molar-refractivity contribution in [3.05, 3.63) is 95.2 Å². The molecule has 29 nitrogen and oxygen atoms in total. The van der Waals surface area contributed by atoms with Crippen molar-refractivity contribution in [2.45, 2.75) is 107 Å². The predicted octanol–water partition coefficient (Wildman–Crippen LogP) is -2.14. The number of amides is 7. The minimum Gasteiger partial charge on any atom is -0.642 e. The first-order valence-electron chi connectivity index (χ1n) is 25.2. The third-order valence-electron chi connectivity index (χ3n) is 11.4. The molecule has 16 N–H and O–H groups in total. The molecule has 2 aromatic heterocycles. The molecule has 437 valence electrons. The Morgan fingerprint density at radius 3 is 1.98 bits per heavy atom. The van der Waals surface area contributed by atoms with Crippen LogP contribution in [0.15, 0.2) is 83.3 Å². The van der Waals surface area contributed by atoms with E-state index in [1.165, 1.54) is 12.3 Å². The zero-order chi connectivity index (χ0) is 59.5. The number of aliphatic hydroxyl groups excluding tert-OH is 3. The van der Waals surface area contributed by atoms with Crippen LogP contribution in [0.25, 0.3) is 5.32 Å². The summed E-state index contributed by atoms with van der Waals surface area (Å²) in [7, 11) is 0. The van der Waals surface area contributed by atoms with E-state index in [-0.39, 0.29) is 62.6 Å². The Morgan fingerprint density at radius 1 is 0.787 bits per heavy atom. The van der Waals surface area contributed by atoms with Crippen LogP contribution in [-0.4, -0.2) is 176 Å². The second-order valence-electron chi connectivity index (χ2n) is 17.9. The summed E-state index contributed by atoms with van der Waals surface area (Å²) in [5.41, 5.74) is 11.0. The van der Waals surface area contributed by atoms with E-state index in [1.54, 1.807) is 79.6 Å². The van der Waals surface area contributed by atoms with Gasteiger partial charge in [0, 0.05) is 56.8 Å². The van der Waals surface area contributed by atoms with Crippen molar-refractivity contribution >= 4 is 65.1 Å². The van der Waals surface area contributed by atoms with Gasteiger partial charge in [0.2, 0.25) is 29.5 Å². The fourth-order valence-electron chi connectivity index (χ4n) is 7.08. The molecule has 1 aromatic carbocycles. The van der Waals surface area contributed by atoms with Crippen LogP contribution in [0.4, 0.5) is 5.82 Å². The summed E-state index contributed by atoms with van der Waals surface area (Å²) in [6, 6.07) is 10.1. The van der Waals surface area contributed by atoms with Gasteiger partial charge >= 0.3 is 110 Å². The minimum absolute atomic E-state index is 0.0200. The largest absolute Gasteiger partial charge is 0.642 e. The van der Waals surface area contributed by atoms with Gasteiger partial charge in [-0.2, -0.15) is 0 Å². The summed E-state index contributed by atoms with van der Waals surface area (Å²) < 4.78 is 3.60. The molecule has 1 saturated heterocycles. The van der Waals surface area contributed by atoms with Gasteiger partial charge in [0.25, 0.3) is 11.9 Å². The maximum Gasteiger partial charge on any atom is 0.305 e. The zero-order valence-electron chi connectivity index (χ0n) is 44.3. The molecule has 0 radical (unpaired) electrons. The number of aliphatic carboxylic acids is 2. The number of pyridine rings is 2. The number of carbonyl (C=O) groups excluding carboxylic acids is 7. The fourth-order valence-corrected chi connectivity index (χ4v) is 7.27. The number of unbranched alkanes of at least 4 members (excludes halogenated alkanes) is 1. The van der Waals surface area contributed by atoms with Crippen molar-refractivity contribution in [3.8, 4) is 0 Å². The van der Waals surface area contributed by atoms with Crippen molar-refractivity contribution in [1.29, 1.82) is 0 Å². The van der Waals surface area contributed by atoms with E-state index < -0.39 is 111 Å². The molecule has 4 rings (SSSR count). The van der Waals surface area contributed by atoms with Gasteiger partial charge in [-0.1, -0.05) is 49.2 Å². The fraction of sp³-hybridized carbons (Fsp3) is 0.480. The quantitative estimate of drug-likeness (QED) is 0.0142. The standard InChI is InChI=1S/C33H43N12O8.C11H16N2O.C6H12NO5.Tc/c34-33(35)38-14-6-10-21-29(50)40-18-26(46)41-24(16-27(47)48)32(53)44-23(15-19-7-2-1-3-8-19)31(52)43-22(30(51)42-21)9-4-5-13-37-28(49)20-11-12-25(45-36)39-17-20;1-3-4-9(2)13-11(14)10-5-7-12-8-6-10;8-2-6(3-9,4-10)7-1-5(11)12;/h1-3,7-8,11-12,17,21-24H,4-6,9-10,13-16,18H2,(H,37,49)(H,40,50)(H,41,46)(H,42,51)(H,43,52)(H,44,53)(H,47,48)(H4,34,35,38);5-9H,3-4H2,1-2H3,(H,13,14);8-10H,1-4H2,(H,11,12);/q-1;;-1;+2/t21-,22-,23+,24-;;;/m0.../s1. The molecule has 1 unspecified atom stereocenters. The summed E-state index contributed by atoms with van der Waals surface area (Å²) in [6.07, 6.45) is 6.89. The molecule has 3 aromatic rings. The minimum atomic E-state index is -1.60. The Kier molecular flexibility index (Phi) is 32.2. The van der Waals surface area contributed by atoms with Gasteiger partial charge in [0.15, 0.2) is 5.96 Å². The molecule has 1 aliphatic heterocycles. The number of aliphatic imine (C=N–C) groups is 1. The number of hydrogen-bond donors (Lipinski definition) is 14. The monoisotopic (exact) mass is 1200 g/mol. The van der Waals surface area contributed by atoms with E-state index in [1.807, 2.05) is 6.92 Å². The maximum atomic E-state index is 13.9. The van der Waals surface area contributed by atoms with Crippen LogP contribution >= 0.6 is 0 Å². The van der Waals surface area contributed by atoms with Gasteiger partial charge in [0.1, 0.15) is 24.2 Å². The third kappa shape index (κ3) is 27.1. The SMILES string of the molecule is CCCC(C)NC(=O)c1ccncc1.NC(N)=NCCC[C@@H]1NC(=O)[C@H](CCCCNC(=O)c2ccc(N=[N+]=[Tc])nc2)NC(=O)[C@@H](Cc2ccccc2)NC(=O)[C@H](CC(=O)O)NC(=O)CNC1=O.O=C(O)C[N-]C(CO)(CO)CO. The molecular formula is C50H71N15O14Tc. The first kappa shape index (κ1) is 68.1. The zero-order valence-corrected chi connectivity index (χ0v) is 46.1. The first-order valence-corrected chi connectivity index (χ1v) is 26.0. The number of carboxylic acids is 2. The topological polar surface area (TPSA) is 470 Å². The summed E-state index contributed by atoms with van der Waals surface area (Å²) in [6.45, 7) is 1.55. The molecule has 3 heterocycles. The van der Waals surface area contributed by atoms with Crippen LogP contribution in [0.1, 0.15) is 91.5 Å². The van der Waals surface area contributed by atoms with Crippen LogP contribution in [0.2, 0.25) is 0 Å². The van der Waals surface area contributed by atoms with Crippen LogP contribution in [0, 0.1) is 0 Å². The molecule has 0 saturated carbocycles. The molecule has 80 heavy (non-hydrogen) atoms. The molecule has 7 amide bonds. The second kappa shape index (κ2) is 37.8. The number of nitrogens with two attached hydrogens (primary N) is 2. The number of hydrogen-bond acceptors (Lipinski definition) is 16. The smallest absolute Gasteiger partial charge is 0.305 e. The van der Waals surface area contributed by atoms with Gasteiger partial charge in [-0.15, -0.1) is 0 Å². The first-order chi connectivity index (χ1) is 38.2. The number of benzene rings is 1. The number of carbonyl (C=O) groups is 9. The average Bonchev–Trinajstić information content (AvgIpc) is 3.45. The average molecular weight is 1200 g/mol. The van der Waals surface area contributed by atoms with Crippen molar-refractivity contribution in [3.63, 3.8) is 0 Å². The number of nitrogens with one attached hydrogen (secondary N) is 7. The Balaban J connectivity index is 0.000000682. The number of aromatic nitrogens is 2. The molecule has 0 bridgehead atoms. The predicted molar refractivity (Wildman–Crippen MR) is 284 cm³/mol. The molecule has 1 fully saturated rings. The number of nitrogens with zero attached hydrogens (tertiary/aromatic N) is 6. The van der Waals surface area contributed by atoms with Crippen molar-refractivity contribution in [1.82, 2.24) is 50.6 Å². The molecule has 0 spiro atoms. The van der Waals surface area contributed by atoms with Gasteiger partial charge in [-0.05, 0) is 50.4 Å². The van der Waals surface area contributed by atoms with E-state index in [2.05, 4.69) is 72.9 Å². The van der Waals surface area contributed by atoms with Gasteiger partial charge < -0.3 is 74.2 Å². The van der Waals surface area contributed by atoms with Crippen LogP contribution < -0.4 is 52.1 Å². The Hall–Kier alpha value is -7.98. The summed E-state index contributed by atoms with van der Waals surface area (Å²) in [4.78, 5) is 125. The maximum absolute atomic E-state index is 13.9. The Bertz CT molecular complexity index is 2550. The van der Waals surface area contributed by atoms with Crippen LogP contribution in [-0.2, 0) is 58.7 Å². The third-order valence-corrected chi connectivity index (χ3v) is 11.6. The second-order valence-corrected chi connectivity index (χ2v) is 18.3. The Morgan fingerprint density at radius 2 is 1.40 bits per heavy atom. The molecular weight excluding hydrogens is 1130 g/mol. The van der Waals surface area contributed by atoms with Gasteiger partial charge in [-0.25, -0.2) is 0 Å². The Labute approximate surface area is 471 Å². The van der Waals surface area contributed by atoms with E-state index in [9.17, 15) is 48.3 Å². The van der Waals surface area contributed by atoms with E-state index >= 15 is 0 Å². The molecule has 1 aliphatic rings. The van der Waals surface area contributed by atoms with E-state index in [0.717, 1.165) is 12.8 Å². The number of rotatable bonds is 25. The normalized spacial score (nSPS) is 17.0. The number of guanidine groups is 1. The van der Waals surface area contributed by atoms with E-state index in [0.29, 0.717) is 35.3 Å². The van der Waals surface area contributed by atoms with Crippen molar-refractivity contribution in [2.24, 2.45) is 21.6 Å². The van der Waals surface area contributed by atoms with Gasteiger partial charge in [0.05, 0.1) is 13.0 Å². The van der Waals surface area contributed by atoms with Crippen molar-refractivity contribution < 1.29 is 87.4 Å². The van der Waals surface area contributed by atoms with Gasteiger partial charge in [-0.3, -0.25) is 48.3 Å². The molecule has 30 heteroatoms. The molecule has 0 aliphatic carbocycles. The summed E-state index contributed by atoms with van der Waals surface area (Å²) >= 11 is 1.71. The summed E-state index contributed by atoms with van der Waals surface area (Å²) in [5.74, 6) is -6.91. The van der Waals surface area contributed by atoms with E-state index in [4.69, 9.17) is 31.9 Å². The van der Waals surface area contributed by atoms with Crippen LogP contribution in [0.5, 0.6) is 0 Å². The summed E-state index contributed by atoms with van der Waals surface area (Å²) in [5, 5.41) is 69.2. The van der Waals surface area contributed by atoms with Crippen molar-refractivity contribution in [2.75, 3.05) is 46.0 Å². The number of carboxylic acid groups (broad SMARTS) is 2.